The number of aromatic amines is 1. The molecule has 0 amide bonds. The molecule has 5 aromatic rings. The Morgan fingerprint density at radius 2 is 2.02 bits per heavy atom. The van der Waals surface area contributed by atoms with Crippen LogP contribution in [0.2, 0.25) is 5.15 Å². The lowest BCUT2D eigenvalue weighted by Gasteiger charge is -2.47. The second kappa shape index (κ2) is 10.6. The molecule has 3 aliphatic carbocycles. The van der Waals surface area contributed by atoms with E-state index >= 15 is 4.39 Å². The summed E-state index contributed by atoms with van der Waals surface area (Å²) in [4.78, 5) is 46.4. The van der Waals surface area contributed by atoms with Crippen LogP contribution in [0.5, 0.6) is 0 Å². The largest absolute Gasteiger partial charge is 0.519 e. The van der Waals surface area contributed by atoms with Gasteiger partial charge >= 0.3 is 11.8 Å². The average Bonchev–Trinajstić information content (AvgIpc) is 3.73. The Morgan fingerprint density at radius 3 is 2.76 bits per heavy atom. The van der Waals surface area contributed by atoms with Gasteiger partial charge in [-0.2, -0.15) is 0 Å². The third-order valence-electron chi connectivity index (χ3n) is 8.17. The molecule has 0 spiro atoms. The number of H-pyrrole nitrogens is 1. The smallest absolute Gasteiger partial charge is 0.457 e. The maximum Gasteiger partial charge on any atom is 0.519 e. The van der Waals surface area contributed by atoms with Gasteiger partial charge in [0.25, 0.3) is 0 Å². The zero-order valence-electron chi connectivity index (χ0n) is 22.2. The zero-order valence-corrected chi connectivity index (χ0v) is 23.8. The summed E-state index contributed by atoms with van der Waals surface area (Å²) in [6, 6.07) is 3.18. The van der Waals surface area contributed by atoms with E-state index in [0.29, 0.717) is 21.6 Å². The van der Waals surface area contributed by atoms with Gasteiger partial charge in [-0.15, -0.1) is 11.3 Å². The lowest BCUT2D eigenvalue weighted by Crippen LogP contribution is -2.52. The molecule has 8 rings (SSSR count). The highest BCUT2D eigenvalue weighted by Crippen LogP contribution is 2.47. The number of ether oxygens (including phenoxy) is 1. The van der Waals surface area contributed by atoms with E-state index in [1.54, 1.807) is 19.2 Å². The van der Waals surface area contributed by atoms with E-state index in [2.05, 4.69) is 30.2 Å². The number of aromatic nitrogens is 5. The van der Waals surface area contributed by atoms with Crippen molar-refractivity contribution >= 4 is 45.9 Å². The lowest BCUT2D eigenvalue weighted by atomic mass is 9.61. The number of halogens is 2. The number of carbonyl (C=O) groups excluding carboxylic acids is 1. The minimum absolute atomic E-state index is 0.0141. The number of nitrogens with zero attached hydrogens (tertiary/aromatic N) is 4. The first-order valence-electron chi connectivity index (χ1n) is 13.5. The maximum absolute atomic E-state index is 16.2. The summed E-state index contributed by atoms with van der Waals surface area (Å²) in [6.45, 7) is 1.34. The number of thiophene rings is 1. The molecule has 0 aromatic carbocycles. The number of hydrogen-bond donors (Lipinski definition) is 2. The first-order valence-corrected chi connectivity index (χ1v) is 14.8. The number of hydrogen-bond acceptors (Lipinski definition) is 11. The van der Waals surface area contributed by atoms with Gasteiger partial charge in [-0.25, -0.2) is 29.1 Å². The fourth-order valence-corrected chi connectivity index (χ4v) is 7.01. The number of esters is 1. The number of anilines is 1. The van der Waals surface area contributed by atoms with Crippen molar-refractivity contribution in [1.29, 1.82) is 0 Å². The van der Waals surface area contributed by atoms with Crippen molar-refractivity contribution in [3.8, 4) is 22.0 Å². The fourth-order valence-electron chi connectivity index (χ4n) is 6.17. The molecule has 5 aromatic heterocycles. The SMILES string of the molecule is Cc1oc(=O)oc1COC(=O)[C@H]1C2CCC(CC2)[C@@H]1Nc1nc(-c2c[nH]c3ncc(Cl)nc23)nc(-c2cccs2)c1F. The van der Waals surface area contributed by atoms with Crippen LogP contribution >= 0.6 is 22.9 Å². The molecule has 2 atom stereocenters. The molecule has 216 valence electrons. The van der Waals surface area contributed by atoms with Gasteiger partial charge < -0.3 is 23.9 Å². The molecule has 0 saturated heterocycles. The molecule has 2 N–H and O–H groups in total. The van der Waals surface area contributed by atoms with Crippen LogP contribution in [0.3, 0.4) is 0 Å². The quantitative estimate of drug-likeness (QED) is 0.218. The summed E-state index contributed by atoms with van der Waals surface area (Å²) in [5.41, 5.74) is 1.59. The highest BCUT2D eigenvalue weighted by molar-refractivity contribution is 7.13. The maximum atomic E-state index is 16.2. The highest BCUT2D eigenvalue weighted by Gasteiger charge is 2.48. The Balaban J connectivity index is 1.26. The summed E-state index contributed by atoms with van der Waals surface area (Å²) in [5.74, 6) is -1.65. The normalized spacial score (nSPS) is 21.6. The Morgan fingerprint density at radius 1 is 1.21 bits per heavy atom. The predicted molar refractivity (Wildman–Crippen MR) is 151 cm³/mol. The number of aryl methyl sites for hydroxylation is 1. The van der Waals surface area contributed by atoms with E-state index in [0.717, 1.165) is 25.7 Å². The molecule has 3 fully saturated rings. The Kier molecular flexibility index (Phi) is 6.77. The first kappa shape index (κ1) is 26.8. The van der Waals surface area contributed by atoms with Crippen molar-refractivity contribution in [2.24, 2.45) is 17.8 Å². The summed E-state index contributed by atoms with van der Waals surface area (Å²) < 4.78 is 31.6. The van der Waals surface area contributed by atoms with Gasteiger partial charge in [0, 0.05) is 12.2 Å². The van der Waals surface area contributed by atoms with Gasteiger partial charge in [-0.1, -0.05) is 17.7 Å². The van der Waals surface area contributed by atoms with Crippen molar-refractivity contribution in [3.05, 3.63) is 63.0 Å². The topological polar surface area (TPSA) is 149 Å². The Hall–Kier alpha value is -4.10. The van der Waals surface area contributed by atoms with E-state index in [1.165, 1.54) is 17.5 Å². The minimum atomic E-state index is -0.852. The van der Waals surface area contributed by atoms with Crippen LogP contribution < -0.4 is 11.1 Å². The summed E-state index contributed by atoms with van der Waals surface area (Å²) >= 11 is 7.47. The zero-order chi connectivity index (χ0) is 29.0. The van der Waals surface area contributed by atoms with Crippen LogP contribution in [0.25, 0.3) is 33.1 Å². The van der Waals surface area contributed by atoms with Crippen molar-refractivity contribution in [2.75, 3.05) is 5.32 Å². The van der Waals surface area contributed by atoms with Crippen LogP contribution in [0.15, 0.2) is 43.5 Å². The van der Waals surface area contributed by atoms with Crippen LogP contribution in [0.1, 0.15) is 37.2 Å². The van der Waals surface area contributed by atoms with Crippen molar-refractivity contribution in [2.45, 2.75) is 45.3 Å². The predicted octanol–water partition coefficient (Wildman–Crippen LogP) is 5.75. The molecule has 3 aliphatic rings. The summed E-state index contributed by atoms with van der Waals surface area (Å²) in [5, 5.41) is 5.35. The van der Waals surface area contributed by atoms with E-state index in [-0.39, 0.29) is 52.5 Å². The van der Waals surface area contributed by atoms with E-state index in [4.69, 9.17) is 25.2 Å². The lowest BCUT2D eigenvalue weighted by molar-refractivity contribution is -0.157. The standard InChI is InChI=1S/C28H24ClFN6O5S/c1-12-16(41-28(38)40-12)11-39-27(37)19-13-4-6-14(7-5-13)21(19)34-25-20(30)23(17-3-2-8-42-17)35-24(36-25)15-9-31-26-22(15)33-18(29)10-32-26/h2-3,8-10,13-14,19,21H,4-7,11H2,1H3,(H,31,32)(H,34,35,36)/t13?,14?,19-,21-/m0/s1. The van der Waals surface area contributed by atoms with Gasteiger partial charge in [-0.05, 0) is 55.9 Å². The Labute approximate surface area is 246 Å². The monoisotopic (exact) mass is 610 g/mol. The molecule has 14 heteroatoms. The molecule has 0 aliphatic heterocycles. The minimum Gasteiger partial charge on any atom is -0.457 e. The van der Waals surface area contributed by atoms with Crippen LogP contribution in [-0.4, -0.2) is 36.9 Å². The molecule has 5 heterocycles. The van der Waals surface area contributed by atoms with Gasteiger partial charge in [0.05, 0.1) is 22.6 Å². The third kappa shape index (κ3) is 4.75. The molecular weight excluding hydrogens is 587 g/mol. The van der Waals surface area contributed by atoms with Crippen molar-refractivity contribution < 1.29 is 22.8 Å². The third-order valence-corrected chi connectivity index (χ3v) is 9.23. The van der Waals surface area contributed by atoms with Gasteiger partial charge in [0.1, 0.15) is 16.4 Å². The van der Waals surface area contributed by atoms with Crippen LogP contribution in [-0.2, 0) is 16.1 Å². The Bertz CT molecular complexity index is 1850. The highest BCUT2D eigenvalue weighted by atomic mass is 35.5. The summed E-state index contributed by atoms with van der Waals surface area (Å²) in [7, 11) is 0. The first-order chi connectivity index (χ1) is 20.4. The second-order valence-corrected chi connectivity index (χ2v) is 11.9. The van der Waals surface area contributed by atoms with Gasteiger partial charge in [-0.3, -0.25) is 4.79 Å². The number of carbonyl (C=O) groups is 1. The van der Waals surface area contributed by atoms with Crippen LogP contribution in [0, 0.1) is 30.5 Å². The summed E-state index contributed by atoms with van der Waals surface area (Å²) in [6.07, 6.45) is 6.63. The van der Waals surface area contributed by atoms with E-state index < -0.39 is 29.6 Å². The molecule has 0 unspecified atom stereocenters. The average molecular weight is 611 g/mol. The van der Waals surface area contributed by atoms with E-state index in [9.17, 15) is 9.59 Å². The van der Waals surface area contributed by atoms with Crippen molar-refractivity contribution in [3.63, 3.8) is 0 Å². The molecule has 42 heavy (non-hydrogen) atoms. The number of nitrogens with one attached hydrogen (secondary N) is 2. The van der Waals surface area contributed by atoms with Gasteiger partial charge in [0.15, 0.2) is 41.2 Å². The second-order valence-electron chi connectivity index (χ2n) is 10.5. The number of rotatable bonds is 7. The molecule has 0 radical (unpaired) electrons. The van der Waals surface area contributed by atoms with Crippen LogP contribution in [0.4, 0.5) is 10.2 Å². The molecule has 11 nitrogen and oxygen atoms in total. The molecular formula is C28H24ClFN6O5S. The molecule has 2 bridgehead atoms. The van der Waals surface area contributed by atoms with E-state index in [1.807, 2.05) is 11.4 Å². The van der Waals surface area contributed by atoms with Crippen molar-refractivity contribution in [1.82, 2.24) is 24.9 Å². The fraction of sp³-hybridized carbons (Fsp3) is 0.357. The molecule has 3 saturated carbocycles. The number of fused-ring (bicyclic) bond motifs is 4. The van der Waals surface area contributed by atoms with Gasteiger partial charge in [0.2, 0.25) is 0 Å².